The molecule has 1 fully saturated rings. The number of carbonyl (C=O) groups is 1. The molecular formula is C17H25NO4. The first-order chi connectivity index (χ1) is 10.5. The topological polar surface area (TPSA) is 59.0 Å². The molecule has 1 saturated heterocycles. The Morgan fingerprint density at radius 2 is 2.14 bits per heavy atom. The number of amides is 1. The summed E-state index contributed by atoms with van der Waals surface area (Å²) in [5, 5.41) is 10.0. The molecule has 0 aromatic heterocycles. The predicted octanol–water partition coefficient (Wildman–Crippen LogP) is 2.18. The molecule has 1 unspecified atom stereocenters. The minimum Gasteiger partial charge on any atom is -0.497 e. The zero-order valence-corrected chi connectivity index (χ0v) is 13.5. The lowest BCUT2D eigenvalue weighted by molar-refractivity contribution is -0.134. The number of nitrogens with zero attached hydrogens (tertiary/aromatic N) is 1. The summed E-state index contributed by atoms with van der Waals surface area (Å²) in [5.41, 5.74) is 1.04. The number of aliphatic hydroxyl groups is 1. The van der Waals surface area contributed by atoms with Crippen molar-refractivity contribution in [1.29, 1.82) is 0 Å². The molecule has 1 heterocycles. The van der Waals surface area contributed by atoms with Crippen molar-refractivity contribution in [3.8, 4) is 5.75 Å². The van der Waals surface area contributed by atoms with Crippen LogP contribution in [0.4, 0.5) is 0 Å². The summed E-state index contributed by atoms with van der Waals surface area (Å²) in [5.74, 6) is 1.17. The largest absolute Gasteiger partial charge is 0.497 e. The predicted molar refractivity (Wildman–Crippen MR) is 83.4 cm³/mol. The fraction of sp³-hybridized carbons (Fsp3) is 0.588. The minimum absolute atomic E-state index is 0.0458. The third kappa shape index (κ3) is 3.99. The molecule has 1 aromatic rings. The van der Waals surface area contributed by atoms with Gasteiger partial charge >= 0.3 is 0 Å². The third-order valence-corrected chi connectivity index (χ3v) is 4.26. The molecule has 22 heavy (non-hydrogen) atoms. The standard InChI is InChI=1S/C17H25NO4/c1-4-12(2)9-16(19)18-11-22-17(20)15(18)10-13-5-7-14(21-3)8-6-13/h5-8,12,15,17,20H,4,9-11H2,1-3H3/t12?,15-,17+/m0/s1. The van der Waals surface area contributed by atoms with Crippen LogP contribution in [0, 0.1) is 5.92 Å². The van der Waals surface area contributed by atoms with Gasteiger partial charge in [0.05, 0.1) is 13.2 Å². The van der Waals surface area contributed by atoms with Crippen molar-refractivity contribution < 1.29 is 19.4 Å². The molecule has 1 amide bonds. The number of aliphatic hydroxyl groups excluding tert-OH is 1. The van der Waals surface area contributed by atoms with E-state index in [9.17, 15) is 9.90 Å². The number of carbonyl (C=O) groups excluding carboxylic acids is 1. The first-order valence-electron chi connectivity index (χ1n) is 7.77. The first-order valence-corrected chi connectivity index (χ1v) is 7.77. The number of benzene rings is 1. The molecule has 1 aromatic carbocycles. The lowest BCUT2D eigenvalue weighted by Gasteiger charge is -2.25. The Hall–Kier alpha value is -1.59. The molecule has 1 aliphatic heterocycles. The van der Waals surface area contributed by atoms with Gasteiger partial charge in [-0.05, 0) is 30.0 Å². The van der Waals surface area contributed by atoms with Gasteiger partial charge in [0.2, 0.25) is 5.91 Å². The molecule has 3 atom stereocenters. The monoisotopic (exact) mass is 307 g/mol. The van der Waals surface area contributed by atoms with Crippen LogP contribution < -0.4 is 4.74 Å². The smallest absolute Gasteiger partial charge is 0.225 e. The molecule has 0 saturated carbocycles. The van der Waals surface area contributed by atoms with Gasteiger partial charge in [-0.2, -0.15) is 0 Å². The molecule has 2 rings (SSSR count). The first kappa shape index (κ1) is 16.8. The van der Waals surface area contributed by atoms with Crippen LogP contribution in [0.5, 0.6) is 5.75 Å². The van der Waals surface area contributed by atoms with E-state index in [2.05, 4.69) is 13.8 Å². The lowest BCUT2D eigenvalue weighted by Crippen LogP contribution is -2.41. The fourth-order valence-electron chi connectivity index (χ4n) is 2.55. The molecule has 5 nitrogen and oxygen atoms in total. The Labute approximate surface area is 131 Å². The van der Waals surface area contributed by atoms with Gasteiger partial charge in [0.15, 0.2) is 6.29 Å². The van der Waals surface area contributed by atoms with Crippen molar-refractivity contribution in [3.63, 3.8) is 0 Å². The van der Waals surface area contributed by atoms with Crippen molar-refractivity contribution in [2.75, 3.05) is 13.8 Å². The maximum Gasteiger partial charge on any atom is 0.225 e. The maximum atomic E-state index is 12.4. The van der Waals surface area contributed by atoms with Gasteiger partial charge in [-0.3, -0.25) is 4.79 Å². The van der Waals surface area contributed by atoms with Crippen molar-refractivity contribution >= 4 is 5.91 Å². The van der Waals surface area contributed by atoms with Crippen molar-refractivity contribution in [2.45, 2.75) is 45.4 Å². The molecule has 122 valence electrons. The van der Waals surface area contributed by atoms with Crippen LogP contribution in [-0.2, 0) is 16.0 Å². The van der Waals surface area contributed by atoms with E-state index < -0.39 is 6.29 Å². The van der Waals surface area contributed by atoms with E-state index in [1.165, 1.54) is 0 Å². The van der Waals surface area contributed by atoms with Crippen LogP contribution in [0.1, 0.15) is 32.3 Å². The van der Waals surface area contributed by atoms with E-state index in [1.54, 1.807) is 12.0 Å². The highest BCUT2D eigenvalue weighted by atomic mass is 16.6. The van der Waals surface area contributed by atoms with E-state index >= 15 is 0 Å². The quantitative estimate of drug-likeness (QED) is 0.875. The van der Waals surface area contributed by atoms with Gasteiger partial charge in [0.1, 0.15) is 12.5 Å². The summed E-state index contributed by atoms with van der Waals surface area (Å²) in [6.07, 6.45) is 1.10. The van der Waals surface area contributed by atoms with E-state index in [4.69, 9.17) is 9.47 Å². The second-order valence-corrected chi connectivity index (χ2v) is 5.89. The van der Waals surface area contributed by atoms with Crippen LogP contribution in [-0.4, -0.2) is 42.1 Å². The zero-order valence-electron chi connectivity index (χ0n) is 13.5. The Bertz CT molecular complexity index is 488. The highest BCUT2D eigenvalue weighted by Gasteiger charge is 2.37. The van der Waals surface area contributed by atoms with E-state index in [0.717, 1.165) is 17.7 Å². The Kier molecular flexibility index (Phi) is 5.80. The third-order valence-electron chi connectivity index (χ3n) is 4.26. The molecule has 1 aliphatic rings. The van der Waals surface area contributed by atoms with Crippen LogP contribution in [0.2, 0.25) is 0 Å². The SMILES string of the molecule is CCC(C)CC(=O)N1CO[C@@H](O)[C@@H]1Cc1ccc(OC)cc1. The maximum absolute atomic E-state index is 12.4. The summed E-state index contributed by atoms with van der Waals surface area (Å²) in [6.45, 7) is 4.29. The molecule has 0 aliphatic carbocycles. The van der Waals surface area contributed by atoms with Gasteiger partial charge in [-0.1, -0.05) is 32.4 Å². The van der Waals surface area contributed by atoms with Crippen molar-refractivity contribution in [1.82, 2.24) is 4.90 Å². The van der Waals surface area contributed by atoms with Gasteiger partial charge in [0, 0.05) is 6.42 Å². The molecule has 0 bridgehead atoms. The minimum atomic E-state index is -0.928. The van der Waals surface area contributed by atoms with E-state index in [0.29, 0.717) is 18.8 Å². The second-order valence-electron chi connectivity index (χ2n) is 5.89. The van der Waals surface area contributed by atoms with Crippen molar-refractivity contribution in [2.24, 2.45) is 5.92 Å². The summed E-state index contributed by atoms with van der Waals surface area (Å²) in [7, 11) is 1.62. The van der Waals surface area contributed by atoms with Gasteiger partial charge in [-0.15, -0.1) is 0 Å². The van der Waals surface area contributed by atoms with Gasteiger partial charge in [0.25, 0.3) is 0 Å². The number of hydrogen-bond acceptors (Lipinski definition) is 4. The average molecular weight is 307 g/mol. The van der Waals surface area contributed by atoms with E-state index in [-0.39, 0.29) is 18.7 Å². The van der Waals surface area contributed by atoms with Crippen LogP contribution in [0.15, 0.2) is 24.3 Å². The normalized spacial score (nSPS) is 22.6. The molecule has 0 radical (unpaired) electrons. The Balaban J connectivity index is 2.03. The number of ether oxygens (including phenoxy) is 2. The molecule has 0 spiro atoms. The van der Waals surface area contributed by atoms with Crippen LogP contribution >= 0.6 is 0 Å². The number of rotatable bonds is 6. The van der Waals surface area contributed by atoms with Gasteiger partial charge < -0.3 is 19.5 Å². The summed E-state index contributed by atoms with van der Waals surface area (Å²) in [4.78, 5) is 14.0. The van der Waals surface area contributed by atoms with E-state index in [1.807, 2.05) is 24.3 Å². The highest BCUT2D eigenvalue weighted by molar-refractivity contribution is 5.77. The fourth-order valence-corrected chi connectivity index (χ4v) is 2.55. The summed E-state index contributed by atoms with van der Waals surface area (Å²) in [6, 6.07) is 7.32. The van der Waals surface area contributed by atoms with Crippen LogP contribution in [0.25, 0.3) is 0 Å². The van der Waals surface area contributed by atoms with Crippen molar-refractivity contribution in [3.05, 3.63) is 29.8 Å². The lowest BCUT2D eigenvalue weighted by atomic mass is 10.0. The van der Waals surface area contributed by atoms with Gasteiger partial charge in [-0.25, -0.2) is 0 Å². The van der Waals surface area contributed by atoms with Crippen LogP contribution in [0.3, 0.4) is 0 Å². The number of hydrogen-bond donors (Lipinski definition) is 1. The Morgan fingerprint density at radius 3 is 2.73 bits per heavy atom. The average Bonchev–Trinajstić information content (AvgIpc) is 2.89. The molecule has 5 heteroatoms. The summed E-state index contributed by atoms with van der Waals surface area (Å²) >= 11 is 0. The number of methoxy groups -OCH3 is 1. The zero-order chi connectivity index (χ0) is 16.1. The molecule has 1 N–H and O–H groups in total. The Morgan fingerprint density at radius 1 is 1.45 bits per heavy atom. The second kappa shape index (κ2) is 7.61. The molecular weight excluding hydrogens is 282 g/mol. The summed E-state index contributed by atoms with van der Waals surface area (Å²) < 4.78 is 10.4. The highest BCUT2D eigenvalue weighted by Crippen LogP contribution is 2.23.